The van der Waals surface area contributed by atoms with Crippen LogP contribution in [0.15, 0.2) is 71.6 Å². The molecule has 3 aromatic carbocycles. The second-order valence-corrected chi connectivity index (χ2v) is 11.2. The molecule has 1 aliphatic heterocycles. The van der Waals surface area contributed by atoms with Crippen molar-refractivity contribution in [2.75, 3.05) is 18.5 Å². The molecule has 1 N–H and O–H groups in total. The van der Waals surface area contributed by atoms with Gasteiger partial charge in [-0.1, -0.05) is 18.2 Å². The first-order chi connectivity index (χ1) is 18.2. The van der Waals surface area contributed by atoms with Crippen molar-refractivity contribution in [3.05, 3.63) is 89.9 Å². The van der Waals surface area contributed by atoms with Crippen molar-refractivity contribution in [1.82, 2.24) is 4.90 Å². The molecule has 11 heteroatoms. The zero-order valence-corrected chi connectivity index (χ0v) is 25.0. The minimum atomic E-state index is -0.565. The van der Waals surface area contributed by atoms with E-state index in [-0.39, 0.29) is 10.7 Å². The largest absolute Gasteiger partial charge is 0.490 e. The van der Waals surface area contributed by atoms with Gasteiger partial charge in [-0.05, 0) is 124 Å². The Kier molecular flexibility index (Phi) is 9.44. The first kappa shape index (κ1) is 28.1. The maximum absolute atomic E-state index is 12.9. The SMILES string of the molecule is CCOc1cc(/C=C2\SC(=O)N(CC(=O)Nc3ccc(I)cc3)C2=O)ccc1OC(=O)c1ccccc1I. The van der Waals surface area contributed by atoms with E-state index in [0.717, 1.165) is 23.8 Å². The Bertz CT molecular complexity index is 1440. The molecular formula is C27H20I2N2O6S. The molecule has 0 spiro atoms. The number of rotatable bonds is 8. The van der Waals surface area contributed by atoms with Crippen molar-refractivity contribution in [3.8, 4) is 11.5 Å². The Hall–Kier alpha value is -2.91. The number of anilines is 1. The van der Waals surface area contributed by atoms with Crippen LogP contribution in [0.2, 0.25) is 0 Å². The van der Waals surface area contributed by atoms with Crippen LogP contribution >= 0.6 is 56.9 Å². The molecule has 0 aromatic heterocycles. The number of benzene rings is 3. The molecule has 0 aliphatic carbocycles. The van der Waals surface area contributed by atoms with Gasteiger partial charge < -0.3 is 14.8 Å². The Morgan fingerprint density at radius 2 is 1.74 bits per heavy atom. The number of carbonyl (C=O) groups is 4. The van der Waals surface area contributed by atoms with Gasteiger partial charge in [0, 0.05) is 12.8 Å². The molecule has 194 valence electrons. The number of imide groups is 1. The lowest BCUT2D eigenvalue weighted by atomic mass is 10.1. The second kappa shape index (κ2) is 12.8. The number of thioether (sulfide) groups is 1. The average Bonchev–Trinajstić information content (AvgIpc) is 3.14. The number of nitrogens with zero attached hydrogens (tertiary/aromatic N) is 1. The van der Waals surface area contributed by atoms with Crippen molar-refractivity contribution >= 4 is 91.7 Å². The van der Waals surface area contributed by atoms with Gasteiger partial charge in [0.05, 0.1) is 17.1 Å². The summed E-state index contributed by atoms with van der Waals surface area (Å²) in [5, 5.41) is 2.15. The molecule has 1 aliphatic rings. The molecule has 4 rings (SSSR count). The number of amides is 3. The predicted molar refractivity (Wildman–Crippen MR) is 162 cm³/mol. The number of hydrogen-bond donors (Lipinski definition) is 1. The number of halogens is 2. The number of ether oxygens (including phenoxy) is 2. The summed E-state index contributed by atoms with van der Waals surface area (Å²) < 4.78 is 13.0. The van der Waals surface area contributed by atoms with E-state index in [4.69, 9.17) is 9.47 Å². The smallest absolute Gasteiger partial charge is 0.344 e. The Balaban J connectivity index is 1.48. The molecule has 3 amide bonds. The van der Waals surface area contributed by atoms with Gasteiger partial charge in [0.2, 0.25) is 5.91 Å². The van der Waals surface area contributed by atoms with Gasteiger partial charge in [0.1, 0.15) is 6.54 Å². The van der Waals surface area contributed by atoms with Crippen LogP contribution in [0.3, 0.4) is 0 Å². The fourth-order valence-electron chi connectivity index (χ4n) is 3.41. The van der Waals surface area contributed by atoms with Crippen molar-refractivity contribution in [2.24, 2.45) is 0 Å². The third kappa shape index (κ3) is 6.94. The highest BCUT2D eigenvalue weighted by Gasteiger charge is 2.36. The van der Waals surface area contributed by atoms with E-state index in [2.05, 4.69) is 50.5 Å². The van der Waals surface area contributed by atoms with Crippen LogP contribution in [0.25, 0.3) is 6.08 Å². The minimum Gasteiger partial charge on any atom is -0.490 e. The van der Waals surface area contributed by atoms with E-state index < -0.39 is 29.6 Å². The van der Waals surface area contributed by atoms with E-state index in [1.165, 1.54) is 6.08 Å². The minimum absolute atomic E-state index is 0.170. The van der Waals surface area contributed by atoms with E-state index >= 15 is 0 Å². The molecule has 0 atom stereocenters. The molecular weight excluding hydrogens is 734 g/mol. The zero-order chi connectivity index (χ0) is 27.2. The van der Waals surface area contributed by atoms with Gasteiger partial charge >= 0.3 is 5.97 Å². The summed E-state index contributed by atoms with van der Waals surface area (Å²) in [5.41, 5.74) is 1.57. The van der Waals surface area contributed by atoms with Gasteiger partial charge in [-0.25, -0.2) is 4.79 Å². The van der Waals surface area contributed by atoms with Crippen molar-refractivity contribution in [3.63, 3.8) is 0 Å². The topological polar surface area (TPSA) is 102 Å². The fraction of sp³-hybridized carbons (Fsp3) is 0.111. The summed E-state index contributed by atoms with van der Waals surface area (Å²) in [4.78, 5) is 51.6. The highest BCUT2D eigenvalue weighted by Crippen LogP contribution is 2.35. The van der Waals surface area contributed by atoms with Crippen LogP contribution in [-0.2, 0) is 9.59 Å². The summed E-state index contributed by atoms with van der Waals surface area (Å²) in [6.45, 7) is 1.72. The normalized spacial score (nSPS) is 14.1. The number of nitrogens with one attached hydrogen (secondary N) is 1. The highest BCUT2D eigenvalue weighted by molar-refractivity contribution is 14.1. The van der Waals surface area contributed by atoms with Gasteiger partial charge in [0.25, 0.3) is 11.1 Å². The molecule has 0 bridgehead atoms. The lowest BCUT2D eigenvalue weighted by molar-refractivity contribution is -0.127. The van der Waals surface area contributed by atoms with Gasteiger partial charge in [-0.2, -0.15) is 0 Å². The quantitative estimate of drug-likeness (QED) is 0.127. The third-order valence-electron chi connectivity index (χ3n) is 5.17. The lowest BCUT2D eigenvalue weighted by Gasteiger charge is -2.13. The van der Waals surface area contributed by atoms with Crippen LogP contribution in [0.4, 0.5) is 10.5 Å². The first-order valence-corrected chi connectivity index (χ1v) is 14.3. The molecule has 1 heterocycles. The van der Waals surface area contributed by atoms with Crippen LogP contribution in [0.1, 0.15) is 22.8 Å². The van der Waals surface area contributed by atoms with E-state index in [1.54, 1.807) is 49.4 Å². The van der Waals surface area contributed by atoms with Crippen LogP contribution < -0.4 is 14.8 Å². The number of hydrogen-bond acceptors (Lipinski definition) is 7. The van der Waals surface area contributed by atoms with Crippen LogP contribution in [-0.4, -0.2) is 41.1 Å². The van der Waals surface area contributed by atoms with Gasteiger partial charge in [-0.15, -0.1) is 0 Å². The predicted octanol–water partition coefficient (Wildman–Crippen LogP) is 6.19. The second-order valence-electron chi connectivity index (χ2n) is 7.83. The van der Waals surface area contributed by atoms with E-state index in [1.807, 2.05) is 24.3 Å². The van der Waals surface area contributed by atoms with E-state index in [9.17, 15) is 19.2 Å². The molecule has 0 radical (unpaired) electrons. The summed E-state index contributed by atoms with van der Waals surface area (Å²) in [6.07, 6.45) is 1.54. The standard InChI is InChI=1S/C27H20I2N2O6S/c1-2-36-22-13-16(7-12-21(22)37-26(34)19-5-3-4-6-20(19)29)14-23-25(33)31(27(35)38-23)15-24(32)30-18-10-8-17(28)9-11-18/h3-14H,2,15H2,1H3,(H,30,32)/b23-14-. The Morgan fingerprint density at radius 3 is 2.45 bits per heavy atom. The van der Waals surface area contributed by atoms with E-state index in [0.29, 0.717) is 29.2 Å². The average molecular weight is 754 g/mol. The molecule has 0 saturated carbocycles. The van der Waals surface area contributed by atoms with Crippen molar-refractivity contribution in [1.29, 1.82) is 0 Å². The number of esters is 1. The molecule has 1 fully saturated rings. The van der Waals surface area contributed by atoms with Crippen LogP contribution in [0, 0.1) is 7.14 Å². The molecule has 1 saturated heterocycles. The Morgan fingerprint density at radius 1 is 1.00 bits per heavy atom. The van der Waals surface area contributed by atoms with Gasteiger partial charge in [-0.3, -0.25) is 19.3 Å². The summed E-state index contributed by atoms with van der Waals surface area (Å²) in [6, 6.07) is 19.1. The maximum atomic E-state index is 12.9. The number of carbonyl (C=O) groups excluding carboxylic acids is 4. The zero-order valence-electron chi connectivity index (χ0n) is 19.9. The monoisotopic (exact) mass is 754 g/mol. The summed E-state index contributed by atoms with van der Waals surface area (Å²) >= 11 is 4.97. The molecule has 0 unspecified atom stereocenters. The molecule has 8 nitrogen and oxygen atoms in total. The highest BCUT2D eigenvalue weighted by atomic mass is 127. The summed E-state index contributed by atoms with van der Waals surface area (Å²) in [7, 11) is 0. The van der Waals surface area contributed by atoms with Gasteiger partial charge in [0.15, 0.2) is 11.5 Å². The third-order valence-corrected chi connectivity index (χ3v) is 7.73. The Labute approximate surface area is 250 Å². The maximum Gasteiger partial charge on any atom is 0.344 e. The van der Waals surface area contributed by atoms with Crippen molar-refractivity contribution < 1.29 is 28.7 Å². The summed E-state index contributed by atoms with van der Waals surface area (Å²) in [5.74, 6) is -1.02. The molecule has 38 heavy (non-hydrogen) atoms. The van der Waals surface area contributed by atoms with Crippen molar-refractivity contribution in [2.45, 2.75) is 6.92 Å². The lowest BCUT2D eigenvalue weighted by Crippen LogP contribution is -2.36. The first-order valence-electron chi connectivity index (χ1n) is 11.3. The van der Waals surface area contributed by atoms with Crippen LogP contribution in [0.5, 0.6) is 11.5 Å². The molecule has 3 aromatic rings. The fourth-order valence-corrected chi connectivity index (χ4v) is 5.22.